The molecule has 2 aromatic carbocycles. The molecule has 0 spiro atoms. The quantitative estimate of drug-likeness (QED) is 0.582. The molecule has 0 heterocycles. The molecule has 2 nitrogen and oxygen atoms in total. The van der Waals surface area contributed by atoms with E-state index < -0.39 is 0 Å². The normalized spacial score (nSPS) is 11.9. The van der Waals surface area contributed by atoms with Gasteiger partial charge in [-0.05, 0) is 29.5 Å². The summed E-state index contributed by atoms with van der Waals surface area (Å²) in [6.07, 6.45) is 2.07. The Morgan fingerprint density at radius 2 is 1.67 bits per heavy atom. The molecular formula is C17H18O2S2. The summed E-state index contributed by atoms with van der Waals surface area (Å²) in [5.41, 5.74) is 2.40. The van der Waals surface area contributed by atoms with Gasteiger partial charge in [-0.15, -0.1) is 23.5 Å². The number of carbonyl (C=O) groups excluding carboxylic acids is 1. The van der Waals surface area contributed by atoms with E-state index in [4.69, 9.17) is 4.74 Å². The summed E-state index contributed by atoms with van der Waals surface area (Å²) in [5, 5.41) is 0.140. The highest BCUT2D eigenvalue weighted by Crippen LogP contribution is 2.36. The summed E-state index contributed by atoms with van der Waals surface area (Å²) in [6.45, 7) is 0. The highest BCUT2D eigenvalue weighted by atomic mass is 32.2. The summed E-state index contributed by atoms with van der Waals surface area (Å²) >= 11 is 3.32. The Morgan fingerprint density at radius 3 is 2.24 bits per heavy atom. The van der Waals surface area contributed by atoms with Crippen molar-refractivity contribution >= 4 is 29.5 Å². The average molecular weight is 318 g/mol. The third-order valence-corrected chi connectivity index (χ3v) is 5.14. The second-order valence-corrected chi connectivity index (χ2v) is 6.42. The number of hydrogen-bond acceptors (Lipinski definition) is 4. The van der Waals surface area contributed by atoms with Crippen LogP contribution in [0.4, 0.5) is 0 Å². The molecule has 0 aromatic heterocycles. The lowest BCUT2D eigenvalue weighted by Crippen LogP contribution is -2.06. The molecule has 2 rings (SSSR count). The van der Waals surface area contributed by atoms with Crippen molar-refractivity contribution in [1.82, 2.24) is 0 Å². The van der Waals surface area contributed by atoms with Gasteiger partial charge in [0.2, 0.25) is 0 Å². The summed E-state index contributed by atoms with van der Waals surface area (Å²) in [6, 6.07) is 18.7. The second kappa shape index (κ2) is 8.15. The van der Waals surface area contributed by atoms with Gasteiger partial charge in [-0.3, -0.25) is 4.79 Å². The van der Waals surface area contributed by atoms with Crippen molar-refractivity contribution < 1.29 is 9.53 Å². The molecule has 0 bridgehead atoms. The molecule has 0 aliphatic carbocycles. The van der Waals surface area contributed by atoms with E-state index in [2.05, 4.69) is 42.7 Å². The first-order valence-electron chi connectivity index (χ1n) is 6.62. The number of thioether (sulfide) groups is 2. The van der Waals surface area contributed by atoms with Gasteiger partial charge in [-0.2, -0.15) is 0 Å². The Bertz CT molecular complexity index is 567. The van der Waals surface area contributed by atoms with E-state index >= 15 is 0 Å². The maximum atomic E-state index is 11.4. The minimum absolute atomic E-state index is 0.140. The van der Waals surface area contributed by atoms with Crippen LogP contribution >= 0.6 is 23.5 Å². The van der Waals surface area contributed by atoms with Crippen molar-refractivity contribution in [2.24, 2.45) is 0 Å². The SMILES string of the molecule is COC(=O)CSC(c1ccccc1)c1ccc(SC)cc1. The summed E-state index contributed by atoms with van der Waals surface area (Å²) in [5.74, 6) is 0.155. The molecule has 1 unspecified atom stereocenters. The third kappa shape index (κ3) is 4.55. The molecule has 21 heavy (non-hydrogen) atoms. The fraction of sp³-hybridized carbons (Fsp3) is 0.235. The molecule has 0 fully saturated rings. The van der Waals surface area contributed by atoms with Crippen LogP contribution in [0.5, 0.6) is 0 Å². The van der Waals surface area contributed by atoms with Crippen molar-refractivity contribution in [3.63, 3.8) is 0 Å². The summed E-state index contributed by atoms with van der Waals surface area (Å²) in [4.78, 5) is 12.7. The minimum Gasteiger partial charge on any atom is -0.468 e. The van der Waals surface area contributed by atoms with Crippen LogP contribution in [0, 0.1) is 0 Å². The van der Waals surface area contributed by atoms with E-state index in [0.717, 1.165) is 0 Å². The van der Waals surface area contributed by atoms with Crippen molar-refractivity contribution in [3.8, 4) is 0 Å². The zero-order chi connectivity index (χ0) is 15.1. The maximum absolute atomic E-state index is 11.4. The number of benzene rings is 2. The zero-order valence-electron chi connectivity index (χ0n) is 12.1. The Kier molecular flexibility index (Phi) is 6.21. The first kappa shape index (κ1) is 16.0. The van der Waals surface area contributed by atoms with Crippen LogP contribution in [0.25, 0.3) is 0 Å². The summed E-state index contributed by atoms with van der Waals surface area (Å²) in [7, 11) is 1.42. The third-order valence-electron chi connectivity index (χ3n) is 3.12. The Balaban J connectivity index is 2.24. The van der Waals surface area contributed by atoms with Gasteiger partial charge in [0.05, 0.1) is 18.1 Å². The van der Waals surface area contributed by atoms with E-state index in [1.54, 1.807) is 23.5 Å². The number of rotatable bonds is 6. The Labute approximate surface area is 134 Å². The van der Waals surface area contributed by atoms with E-state index in [1.807, 2.05) is 18.2 Å². The van der Waals surface area contributed by atoms with Crippen LogP contribution in [-0.4, -0.2) is 25.1 Å². The minimum atomic E-state index is -0.193. The molecule has 0 saturated heterocycles. The highest BCUT2D eigenvalue weighted by molar-refractivity contribution is 8.00. The molecule has 4 heteroatoms. The van der Waals surface area contributed by atoms with Crippen LogP contribution in [0.3, 0.4) is 0 Å². The van der Waals surface area contributed by atoms with Gasteiger partial charge in [-0.25, -0.2) is 0 Å². The number of carbonyl (C=O) groups is 1. The van der Waals surface area contributed by atoms with E-state index in [-0.39, 0.29) is 11.2 Å². The van der Waals surface area contributed by atoms with Crippen molar-refractivity contribution in [1.29, 1.82) is 0 Å². The van der Waals surface area contributed by atoms with Gasteiger partial charge in [0, 0.05) is 4.90 Å². The van der Waals surface area contributed by atoms with Crippen molar-refractivity contribution in [2.75, 3.05) is 19.1 Å². The molecule has 0 aliphatic heterocycles. The smallest absolute Gasteiger partial charge is 0.315 e. The van der Waals surface area contributed by atoms with Crippen molar-refractivity contribution in [2.45, 2.75) is 10.1 Å². The summed E-state index contributed by atoms with van der Waals surface area (Å²) < 4.78 is 4.75. The van der Waals surface area contributed by atoms with Crippen LogP contribution in [0.15, 0.2) is 59.5 Å². The molecule has 1 atom stereocenters. The van der Waals surface area contributed by atoms with Crippen molar-refractivity contribution in [3.05, 3.63) is 65.7 Å². The predicted octanol–water partition coefficient (Wildman–Crippen LogP) is 4.40. The molecule has 0 radical (unpaired) electrons. The second-order valence-electron chi connectivity index (χ2n) is 4.45. The fourth-order valence-electron chi connectivity index (χ4n) is 2.00. The van der Waals surface area contributed by atoms with Gasteiger partial charge in [-0.1, -0.05) is 42.5 Å². The van der Waals surface area contributed by atoms with Crippen LogP contribution in [0.2, 0.25) is 0 Å². The van der Waals surface area contributed by atoms with E-state index in [9.17, 15) is 4.79 Å². The number of ether oxygens (including phenoxy) is 1. The van der Waals surface area contributed by atoms with Gasteiger partial charge < -0.3 is 4.74 Å². The number of esters is 1. The Hall–Kier alpha value is -1.39. The largest absolute Gasteiger partial charge is 0.468 e. The van der Waals surface area contributed by atoms with Gasteiger partial charge >= 0.3 is 5.97 Å². The molecular weight excluding hydrogens is 300 g/mol. The molecule has 110 valence electrons. The lowest BCUT2D eigenvalue weighted by Gasteiger charge is -2.17. The fourth-order valence-corrected chi connectivity index (χ4v) is 3.53. The standard InChI is InChI=1S/C17H18O2S2/c1-19-16(18)12-21-17(13-6-4-3-5-7-13)14-8-10-15(20-2)11-9-14/h3-11,17H,12H2,1-2H3. The van der Waals surface area contributed by atoms with Crippen LogP contribution in [-0.2, 0) is 9.53 Å². The first-order valence-corrected chi connectivity index (χ1v) is 8.89. The van der Waals surface area contributed by atoms with Crippen LogP contribution in [0.1, 0.15) is 16.4 Å². The highest BCUT2D eigenvalue weighted by Gasteiger charge is 2.16. The van der Waals surface area contributed by atoms with Gasteiger partial charge in [0.15, 0.2) is 0 Å². The molecule has 2 aromatic rings. The van der Waals surface area contributed by atoms with Crippen LogP contribution < -0.4 is 0 Å². The lowest BCUT2D eigenvalue weighted by molar-refractivity contribution is -0.137. The van der Waals surface area contributed by atoms with Gasteiger partial charge in [0.25, 0.3) is 0 Å². The van der Waals surface area contributed by atoms with E-state index in [0.29, 0.717) is 5.75 Å². The topological polar surface area (TPSA) is 26.3 Å². The number of methoxy groups -OCH3 is 1. The Morgan fingerprint density at radius 1 is 1.05 bits per heavy atom. The lowest BCUT2D eigenvalue weighted by atomic mass is 10.0. The molecule has 0 N–H and O–H groups in total. The number of hydrogen-bond donors (Lipinski definition) is 0. The van der Waals surface area contributed by atoms with E-state index in [1.165, 1.54) is 23.1 Å². The molecule has 0 saturated carbocycles. The average Bonchev–Trinajstić information content (AvgIpc) is 2.56. The molecule has 0 amide bonds. The maximum Gasteiger partial charge on any atom is 0.315 e. The predicted molar refractivity (Wildman–Crippen MR) is 91.0 cm³/mol. The zero-order valence-corrected chi connectivity index (χ0v) is 13.7. The molecule has 0 aliphatic rings. The first-order chi connectivity index (χ1) is 10.2. The van der Waals surface area contributed by atoms with Gasteiger partial charge in [0.1, 0.15) is 0 Å². The monoisotopic (exact) mass is 318 g/mol.